The molecule has 2 rings (SSSR count). The fourth-order valence-electron chi connectivity index (χ4n) is 1.82. The molecule has 0 saturated carbocycles. The van der Waals surface area contributed by atoms with E-state index in [2.05, 4.69) is 22.2 Å². The highest BCUT2D eigenvalue weighted by Crippen LogP contribution is 2.12. The van der Waals surface area contributed by atoms with Gasteiger partial charge in [-0.2, -0.15) is 0 Å². The van der Waals surface area contributed by atoms with Crippen LogP contribution in [0.3, 0.4) is 0 Å². The molecule has 1 aromatic rings. The van der Waals surface area contributed by atoms with Crippen LogP contribution in [0.15, 0.2) is 18.3 Å². The number of morpholine rings is 1. The van der Waals surface area contributed by atoms with Crippen LogP contribution in [0.4, 0.5) is 11.5 Å². The van der Waals surface area contributed by atoms with Crippen molar-refractivity contribution in [3.8, 4) is 0 Å². The van der Waals surface area contributed by atoms with Crippen molar-refractivity contribution in [1.29, 1.82) is 0 Å². The molecule has 0 bridgehead atoms. The van der Waals surface area contributed by atoms with Crippen molar-refractivity contribution in [3.05, 3.63) is 28.4 Å². The number of nitrogens with zero attached hydrogens (tertiary/aromatic N) is 3. The van der Waals surface area contributed by atoms with Crippen LogP contribution in [0.2, 0.25) is 0 Å². The lowest BCUT2D eigenvalue weighted by molar-refractivity contribution is -0.389. The molecule has 98 valence electrons. The number of pyridine rings is 1. The highest BCUT2D eigenvalue weighted by molar-refractivity contribution is 5.43. The third-order valence-electron chi connectivity index (χ3n) is 2.81. The average Bonchev–Trinajstić information content (AvgIpc) is 2.37. The lowest BCUT2D eigenvalue weighted by Crippen LogP contribution is -2.43. The van der Waals surface area contributed by atoms with E-state index in [-0.39, 0.29) is 11.9 Å². The van der Waals surface area contributed by atoms with E-state index in [0.717, 1.165) is 25.4 Å². The Morgan fingerprint density at radius 1 is 1.67 bits per heavy atom. The maximum atomic E-state index is 10.5. The van der Waals surface area contributed by atoms with Gasteiger partial charge in [0.25, 0.3) is 0 Å². The van der Waals surface area contributed by atoms with Crippen molar-refractivity contribution in [1.82, 2.24) is 9.88 Å². The van der Waals surface area contributed by atoms with E-state index in [1.54, 1.807) is 6.07 Å². The first kappa shape index (κ1) is 12.7. The molecule has 18 heavy (non-hydrogen) atoms. The molecule has 0 spiro atoms. The SMILES string of the molecule is CN1CCOC(CNc2ccc([N+](=O)[O-])nc2)C1. The molecule has 2 heterocycles. The number of anilines is 1. The van der Waals surface area contributed by atoms with E-state index in [1.165, 1.54) is 12.3 Å². The summed E-state index contributed by atoms with van der Waals surface area (Å²) in [5.41, 5.74) is 0.762. The van der Waals surface area contributed by atoms with E-state index < -0.39 is 4.92 Å². The number of rotatable bonds is 4. The summed E-state index contributed by atoms with van der Waals surface area (Å²) >= 11 is 0. The van der Waals surface area contributed by atoms with Crippen LogP contribution >= 0.6 is 0 Å². The van der Waals surface area contributed by atoms with E-state index >= 15 is 0 Å². The Hall–Kier alpha value is -1.73. The zero-order valence-corrected chi connectivity index (χ0v) is 10.2. The minimum Gasteiger partial charge on any atom is -0.379 e. The Labute approximate surface area is 105 Å². The van der Waals surface area contributed by atoms with Crippen LogP contribution in [-0.2, 0) is 4.74 Å². The van der Waals surface area contributed by atoms with Gasteiger partial charge in [-0.3, -0.25) is 0 Å². The van der Waals surface area contributed by atoms with Gasteiger partial charge in [-0.05, 0) is 23.0 Å². The average molecular weight is 252 g/mol. The smallest absolute Gasteiger partial charge is 0.363 e. The lowest BCUT2D eigenvalue weighted by Gasteiger charge is -2.30. The first-order chi connectivity index (χ1) is 8.65. The Kier molecular flexibility index (Phi) is 4.06. The number of nitrogens with one attached hydrogen (secondary N) is 1. The molecule has 0 aromatic carbocycles. The number of hydrogen-bond acceptors (Lipinski definition) is 6. The molecule has 1 fully saturated rings. The van der Waals surface area contributed by atoms with E-state index in [1.807, 2.05) is 0 Å². The maximum Gasteiger partial charge on any atom is 0.363 e. The van der Waals surface area contributed by atoms with Crippen LogP contribution in [-0.4, -0.2) is 54.2 Å². The third kappa shape index (κ3) is 3.38. The zero-order chi connectivity index (χ0) is 13.0. The molecular weight excluding hydrogens is 236 g/mol. The fraction of sp³-hybridized carbons (Fsp3) is 0.545. The van der Waals surface area contributed by atoms with Gasteiger partial charge in [0.05, 0.1) is 18.4 Å². The Morgan fingerprint density at radius 2 is 2.50 bits per heavy atom. The molecule has 1 N–H and O–H groups in total. The molecule has 1 aliphatic heterocycles. The van der Waals surface area contributed by atoms with Crippen LogP contribution in [0.1, 0.15) is 0 Å². The molecule has 1 saturated heterocycles. The van der Waals surface area contributed by atoms with E-state index in [4.69, 9.17) is 4.74 Å². The lowest BCUT2D eigenvalue weighted by atomic mass is 10.2. The number of aromatic nitrogens is 1. The predicted octanol–water partition coefficient (Wildman–Crippen LogP) is 0.732. The number of ether oxygens (including phenoxy) is 1. The van der Waals surface area contributed by atoms with E-state index in [0.29, 0.717) is 6.54 Å². The van der Waals surface area contributed by atoms with E-state index in [9.17, 15) is 10.1 Å². The van der Waals surface area contributed by atoms with Gasteiger partial charge in [0.15, 0.2) is 6.20 Å². The topological polar surface area (TPSA) is 80.5 Å². The van der Waals surface area contributed by atoms with Crippen molar-refractivity contribution >= 4 is 11.5 Å². The fourth-order valence-corrected chi connectivity index (χ4v) is 1.82. The van der Waals surface area contributed by atoms with Gasteiger partial charge in [0, 0.05) is 25.7 Å². The molecule has 1 aromatic heterocycles. The van der Waals surface area contributed by atoms with Crippen LogP contribution in [0.25, 0.3) is 0 Å². The van der Waals surface area contributed by atoms with Gasteiger partial charge in [-0.15, -0.1) is 0 Å². The van der Waals surface area contributed by atoms with Gasteiger partial charge < -0.3 is 25.1 Å². The third-order valence-corrected chi connectivity index (χ3v) is 2.81. The Balaban J connectivity index is 1.84. The standard InChI is InChI=1S/C11H16N4O3/c1-14-4-5-18-10(8-14)7-12-9-2-3-11(13-6-9)15(16)17/h2-3,6,10,12H,4-5,7-8H2,1H3. The van der Waals surface area contributed by atoms with Gasteiger partial charge in [0.1, 0.15) is 0 Å². The molecular formula is C11H16N4O3. The second-order valence-corrected chi connectivity index (χ2v) is 4.30. The largest absolute Gasteiger partial charge is 0.379 e. The molecule has 7 nitrogen and oxygen atoms in total. The molecule has 0 aliphatic carbocycles. The summed E-state index contributed by atoms with van der Waals surface area (Å²) in [7, 11) is 2.06. The summed E-state index contributed by atoms with van der Waals surface area (Å²) in [4.78, 5) is 15.9. The highest BCUT2D eigenvalue weighted by Gasteiger charge is 2.17. The monoisotopic (exact) mass is 252 g/mol. The second kappa shape index (κ2) is 5.74. The number of nitro groups is 1. The first-order valence-corrected chi connectivity index (χ1v) is 5.79. The van der Waals surface area contributed by atoms with Gasteiger partial charge in [-0.25, -0.2) is 0 Å². The molecule has 1 atom stereocenters. The summed E-state index contributed by atoms with van der Waals surface area (Å²) in [5, 5.41) is 13.6. The quantitative estimate of drug-likeness (QED) is 0.628. The van der Waals surface area contributed by atoms with Gasteiger partial charge >= 0.3 is 5.82 Å². The molecule has 1 unspecified atom stereocenters. The molecule has 0 radical (unpaired) electrons. The normalized spacial score (nSPS) is 20.6. The van der Waals surface area contributed by atoms with Crippen LogP contribution < -0.4 is 5.32 Å². The molecule has 1 aliphatic rings. The van der Waals surface area contributed by atoms with Crippen molar-refractivity contribution in [2.24, 2.45) is 0 Å². The summed E-state index contributed by atoms with van der Waals surface area (Å²) in [6, 6.07) is 3.04. The number of hydrogen-bond donors (Lipinski definition) is 1. The van der Waals surface area contributed by atoms with Crippen molar-refractivity contribution in [3.63, 3.8) is 0 Å². The summed E-state index contributed by atoms with van der Waals surface area (Å²) < 4.78 is 5.60. The summed E-state index contributed by atoms with van der Waals surface area (Å²) in [5.74, 6) is -0.144. The summed E-state index contributed by atoms with van der Waals surface area (Å²) in [6.07, 6.45) is 1.60. The minimum absolute atomic E-state index is 0.138. The summed E-state index contributed by atoms with van der Waals surface area (Å²) in [6.45, 7) is 3.24. The predicted molar refractivity (Wildman–Crippen MR) is 66.6 cm³/mol. The Morgan fingerprint density at radius 3 is 3.11 bits per heavy atom. The van der Waals surface area contributed by atoms with Crippen LogP contribution in [0.5, 0.6) is 0 Å². The van der Waals surface area contributed by atoms with Crippen molar-refractivity contribution < 1.29 is 9.66 Å². The molecule has 7 heteroatoms. The maximum absolute atomic E-state index is 10.5. The van der Waals surface area contributed by atoms with Crippen molar-refractivity contribution in [2.45, 2.75) is 6.10 Å². The Bertz CT molecular complexity index is 409. The minimum atomic E-state index is -0.511. The first-order valence-electron chi connectivity index (χ1n) is 5.79. The van der Waals surface area contributed by atoms with Gasteiger partial charge in [0.2, 0.25) is 0 Å². The van der Waals surface area contributed by atoms with Gasteiger partial charge in [-0.1, -0.05) is 0 Å². The second-order valence-electron chi connectivity index (χ2n) is 4.30. The van der Waals surface area contributed by atoms with Crippen LogP contribution in [0, 0.1) is 10.1 Å². The van der Waals surface area contributed by atoms with Crippen molar-refractivity contribution in [2.75, 3.05) is 38.6 Å². The number of likely N-dealkylation sites (N-methyl/N-ethyl adjacent to an activating group) is 1. The zero-order valence-electron chi connectivity index (χ0n) is 10.2. The molecule has 0 amide bonds. The highest BCUT2D eigenvalue weighted by atomic mass is 16.6.